The minimum atomic E-state index is 0.571. The number of hydrogen-bond acceptors (Lipinski definition) is 4. The summed E-state index contributed by atoms with van der Waals surface area (Å²) in [7, 11) is 0. The van der Waals surface area contributed by atoms with Gasteiger partial charge in [0.05, 0.1) is 12.8 Å². The van der Waals surface area contributed by atoms with E-state index in [0.29, 0.717) is 12.5 Å². The van der Waals surface area contributed by atoms with Gasteiger partial charge in [0.1, 0.15) is 11.6 Å². The molecule has 0 radical (unpaired) electrons. The molecule has 0 saturated heterocycles. The molecule has 122 valence electrons. The second kappa shape index (κ2) is 7.09. The van der Waals surface area contributed by atoms with Crippen molar-refractivity contribution in [3.63, 3.8) is 0 Å². The van der Waals surface area contributed by atoms with E-state index >= 15 is 0 Å². The molecule has 0 atom stereocenters. The molecule has 1 saturated carbocycles. The lowest BCUT2D eigenvalue weighted by Gasteiger charge is -2.07. The maximum atomic E-state index is 5.50. The smallest absolute Gasteiger partial charge is 0.191 e. The third-order valence-electron chi connectivity index (χ3n) is 4.00. The first-order valence-electron chi connectivity index (χ1n) is 8.20. The molecule has 0 spiro atoms. The number of hydrogen-bond donors (Lipinski definition) is 0. The van der Waals surface area contributed by atoms with E-state index in [1.54, 1.807) is 18.0 Å². The molecule has 0 unspecified atom stereocenters. The van der Waals surface area contributed by atoms with Crippen LogP contribution in [0.3, 0.4) is 0 Å². The van der Waals surface area contributed by atoms with Crippen molar-refractivity contribution in [2.45, 2.75) is 30.5 Å². The Morgan fingerprint density at radius 3 is 2.75 bits per heavy atom. The molecule has 2 heterocycles. The highest BCUT2D eigenvalue weighted by molar-refractivity contribution is 7.99. The van der Waals surface area contributed by atoms with E-state index < -0.39 is 0 Å². The van der Waals surface area contributed by atoms with Gasteiger partial charge in [0.15, 0.2) is 5.16 Å². The second-order valence-corrected chi connectivity index (χ2v) is 6.89. The van der Waals surface area contributed by atoms with Crippen molar-refractivity contribution in [1.82, 2.24) is 14.8 Å². The molecule has 0 amide bonds. The summed E-state index contributed by atoms with van der Waals surface area (Å²) >= 11 is 1.72. The van der Waals surface area contributed by atoms with Gasteiger partial charge in [-0.15, -0.1) is 10.2 Å². The monoisotopic (exact) mass is 337 g/mol. The Morgan fingerprint density at radius 2 is 2.00 bits per heavy atom. The molecule has 1 aliphatic rings. The van der Waals surface area contributed by atoms with Crippen LogP contribution in [0.15, 0.2) is 64.4 Å². The van der Waals surface area contributed by atoms with Gasteiger partial charge in [-0.1, -0.05) is 54.2 Å². The molecule has 3 aromatic rings. The molecular weight excluding hydrogens is 318 g/mol. The van der Waals surface area contributed by atoms with Crippen LogP contribution in [-0.2, 0) is 6.54 Å². The predicted octanol–water partition coefficient (Wildman–Crippen LogP) is 4.60. The van der Waals surface area contributed by atoms with Crippen LogP contribution in [0.2, 0.25) is 0 Å². The highest BCUT2D eigenvalue weighted by Crippen LogP contribution is 2.40. The van der Waals surface area contributed by atoms with Crippen molar-refractivity contribution in [3.8, 4) is 0 Å². The lowest BCUT2D eigenvalue weighted by Crippen LogP contribution is -2.05. The highest BCUT2D eigenvalue weighted by Gasteiger charge is 2.30. The van der Waals surface area contributed by atoms with Crippen molar-refractivity contribution >= 4 is 17.8 Å². The normalized spacial score (nSPS) is 14.5. The number of thioether (sulfide) groups is 1. The fraction of sp³-hybridized carbons (Fsp3) is 0.263. The molecule has 4 nitrogen and oxygen atoms in total. The van der Waals surface area contributed by atoms with Crippen molar-refractivity contribution in [1.29, 1.82) is 0 Å². The van der Waals surface area contributed by atoms with E-state index in [2.05, 4.69) is 51.2 Å². The summed E-state index contributed by atoms with van der Waals surface area (Å²) in [6.07, 6.45) is 8.46. The topological polar surface area (TPSA) is 43.9 Å². The molecular formula is C19H19N3OS. The summed E-state index contributed by atoms with van der Waals surface area (Å²) in [5, 5.41) is 9.79. The summed E-state index contributed by atoms with van der Waals surface area (Å²) in [4.78, 5) is 0. The van der Waals surface area contributed by atoms with Crippen molar-refractivity contribution in [2.75, 3.05) is 5.75 Å². The predicted molar refractivity (Wildman–Crippen MR) is 96.0 cm³/mol. The summed E-state index contributed by atoms with van der Waals surface area (Å²) in [5.74, 6) is 3.48. The van der Waals surface area contributed by atoms with Crippen molar-refractivity contribution in [3.05, 3.63) is 72.0 Å². The van der Waals surface area contributed by atoms with Gasteiger partial charge in [0.25, 0.3) is 0 Å². The summed E-state index contributed by atoms with van der Waals surface area (Å²) in [5.41, 5.74) is 1.22. The van der Waals surface area contributed by atoms with Gasteiger partial charge in [-0.2, -0.15) is 0 Å². The average Bonchev–Trinajstić information content (AvgIpc) is 3.18. The van der Waals surface area contributed by atoms with Gasteiger partial charge in [-0.25, -0.2) is 0 Å². The first-order chi connectivity index (χ1) is 11.9. The highest BCUT2D eigenvalue weighted by atomic mass is 32.2. The number of rotatable bonds is 7. The van der Waals surface area contributed by atoms with Crippen LogP contribution < -0.4 is 0 Å². The second-order valence-electron chi connectivity index (χ2n) is 5.90. The Morgan fingerprint density at radius 1 is 1.12 bits per heavy atom. The van der Waals surface area contributed by atoms with Gasteiger partial charge in [-0.3, -0.25) is 4.57 Å². The van der Waals surface area contributed by atoms with Gasteiger partial charge >= 0.3 is 0 Å². The quantitative estimate of drug-likeness (QED) is 0.591. The first kappa shape index (κ1) is 15.3. The summed E-state index contributed by atoms with van der Waals surface area (Å²) in [6.45, 7) is 0.705. The van der Waals surface area contributed by atoms with Gasteiger partial charge < -0.3 is 4.42 Å². The average molecular weight is 337 g/mol. The number of furan rings is 1. The molecule has 0 aliphatic heterocycles. The molecule has 4 rings (SSSR count). The van der Waals surface area contributed by atoms with Gasteiger partial charge in [0.2, 0.25) is 0 Å². The lowest BCUT2D eigenvalue weighted by molar-refractivity contribution is 0.478. The number of nitrogens with zero attached hydrogens (tertiary/aromatic N) is 3. The number of aromatic nitrogens is 3. The molecule has 1 aliphatic carbocycles. The Kier molecular flexibility index (Phi) is 4.51. The van der Waals surface area contributed by atoms with E-state index in [0.717, 1.165) is 22.5 Å². The molecule has 0 bridgehead atoms. The Balaban J connectivity index is 1.45. The molecule has 1 fully saturated rings. The first-order valence-corrected chi connectivity index (χ1v) is 9.18. The van der Waals surface area contributed by atoms with E-state index in [1.165, 1.54) is 18.4 Å². The van der Waals surface area contributed by atoms with E-state index in [1.807, 2.05) is 18.2 Å². The Hall–Kier alpha value is -2.27. The van der Waals surface area contributed by atoms with E-state index in [-0.39, 0.29) is 0 Å². The summed E-state index contributed by atoms with van der Waals surface area (Å²) in [6, 6.07) is 14.3. The van der Waals surface area contributed by atoms with E-state index in [9.17, 15) is 0 Å². The van der Waals surface area contributed by atoms with Gasteiger partial charge in [-0.05, 0) is 30.5 Å². The molecule has 2 aromatic heterocycles. The lowest BCUT2D eigenvalue weighted by atomic mass is 10.2. The van der Waals surface area contributed by atoms with E-state index in [4.69, 9.17) is 4.42 Å². The molecule has 5 heteroatoms. The SMILES string of the molecule is C(=C\c1ccccc1)/CSc1nnc(C2CC2)n1Cc1ccco1. The zero-order chi connectivity index (χ0) is 16.2. The minimum Gasteiger partial charge on any atom is -0.467 e. The minimum absolute atomic E-state index is 0.571. The fourth-order valence-electron chi connectivity index (χ4n) is 2.63. The fourth-order valence-corrected chi connectivity index (χ4v) is 3.38. The molecule has 0 N–H and O–H groups in total. The maximum absolute atomic E-state index is 5.50. The zero-order valence-corrected chi connectivity index (χ0v) is 14.2. The standard InChI is InChI=1S/C19H19N3OS/c1-2-6-15(7-3-1)8-5-13-24-19-21-20-18(16-10-11-16)22(19)14-17-9-4-12-23-17/h1-9,12,16H,10-11,13-14H2/b8-5+. The third-order valence-corrected chi connectivity index (χ3v) is 4.92. The summed E-state index contributed by atoms with van der Waals surface area (Å²) < 4.78 is 7.71. The van der Waals surface area contributed by atoms with Gasteiger partial charge in [0, 0.05) is 11.7 Å². The Labute approximate surface area is 145 Å². The van der Waals surface area contributed by atoms with Crippen LogP contribution in [0.4, 0.5) is 0 Å². The van der Waals surface area contributed by atoms with Crippen LogP contribution >= 0.6 is 11.8 Å². The zero-order valence-electron chi connectivity index (χ0n) is 13.3. The van der Waals surface area contributed by atoms with Crippen LogP contribution in [0, 0.1) is 0 Å². The van der Waals surface area contributed by atoms with Crippen LogP contribution in [-0.4, -0.2) is 20.5 Å². The molecule has 24 heavy (non-hydrogen) atoms. The Bertz CT molecular complexity index is 805. The van der Waals surface area contributed by atoms with Crippen LogP contribution in [0.1, 0.15) is 35.9 Å². The van der Waals surface area contributed by atoms with Crippen LogP contribution in [0.25, 0.3) is 6.08 Å². The number of benzene rings is 1. The maximum Gasteiger partial charge on any atom is 0.191 e. The van der Waals surface area contributed by atoms with Crippen LogP contribution in [0.5, 0.6) is 0 Å². The van der Waals surface area contributed by atoms with Crippen molar-refractivity contribution < 1.29 is 4.42 Å². The largest absolute Gasteiger partial charge is 0.467 e. The molecule has 1 aromatic carbocycles. The van der Waals surface area contributed by atoms with Crippen molar-refractivity contribution in [2.24, 2.45) is 0 Å². The third kappa shape index (κ3) is 3.62.